The molecule has 0 fully saturated rings. The number of nitrogens with one attached hydrogen (secondary N) is 2. The second-order valence-corrected chi connectivity index (χ2v) is 5.75. The summed E-state index contributed by atoms with van der Waals surface area (Å²) in [7, 11) is 1.59. The Morgan fingerprint density at radius 1 is 1.27 bits per heavy atom. The second-order valence-electron chi connectivity index (χ2n) is 4.83. The molecule has 0 spiro atoms. The lowest BCUT2D eigenvalue weighted by molar-refractivity contribution is 0.0934. The molecule has 2 N–H and O–H groups in total. The van der Waals surface area contributed by atoms with Gasteiger partial charge in [0, 0.05) is 26.0 Å². The number of fused-ring (bicyclic) bond motifs is 1. The molecule has 26 heavy (non-hydrogen) atoms. The van der Waals surface area contributed by atoms with Crippen molar-refractivity contribution in [2.75, 3.05) is 25.6 Å². The van der Waals surface area contributed by atoms with Crippen LogP contribution in [0.25, 0.3) is 10.2 Å². The van der Waals surface area contributed by atoms with Crippen molar-refractivity contribution in [3.05, 3.63) is 41.4 Å². The van der Waals surface area contributed by atoms with E-state index in [1.807, 2.05) is 25.3 Å². The SMILES string of the molecule is CC.COCCNC(=O)c1nc(NCc2cnccn2)nc2ccsc12. The predicted octanol–water partition coefficient (Wildman–Crippen LogP) is 2.50. The maximum absolute atomic E-state index is 12.4. The van der Waals surface area contributed by atoms with E-state index in [0.717, 1.165) is 15.9 Å². The van der Waals surface area contributed by atoms with Gasteiger partial charge in [-0.05, 0) is 11.4 Å². The summed E-state index contributed by atoms with van der Waals surface area (Å²) >= 11 is 1.44. The molecule has 0 aliphatic rings. The number of carbonyl (C=O) groups excluding carboxylic acids is 1. The fourth-order valence-electron chi connectivity index (χ4n) is 2.04. The molecule has 3 aromatic rings. The van der Waals surface area contributed by atoms with Crippen LogP contribution >= 0.6 is 11.3 Å². The first-order valence-electron chi connectivity index (χ1n) is 8.29. The first kappa shape index (κ1) is 19.7. The molecule has 0 aliphatic heterocycles. The van der Waals surface area contributed by atoms with Gasteiger partial charge in [-0.3, -0.25) is 14.8 Å². The van der Waals surface area contributed by atoms with E-state index in [1.54, 1.807) is 25.7 Å². The number of amides is 1. The van der Waals surface area contributed by atoms with Crippen LogP contribution in [0.3, 0.4) is 0 Å². The van der Waals surface area contributed by atoms with Crippen LogP contribution in [0.15, 0.2) is 30.0 Å². The monoisotopic (exact) mass is 374 g/mol. The Balaban J connectivity index is 0.00000117. The highest BCUT2D eigenvalue weighted by Crippen LogP contribution is 2.23. The highest BCUT2D eigenvalue weighted by Gasteiger charge is 2.16. The molecule has 1 amide bonds. The second kappa shape index (κ2) is 10.4. The minimum atomic E-state index is -0.246. The van der Waals surface area contributed by atoms with Crippen LogP contribution in [0.5, 0.6) is 0 Å². The summed E-state index contributed by atoms with van der Waals surface area (Å²) in [6.07, 6.45) is 4.89. The van der Waals surface area contributed by atoms with Gasteiger partial charge >= 0.3 is 0 Å². The number of rotatable bonds is 7. The number of aromatic nitrogens is 4. The molecule has 0 radical (unpaired) electrons. The number of hydrogen-bond acceptors (Lipinski definition) is 8. The number of carbonyl (C=O) groups is 1. The lowest BCUT2D eigenvalue weighted by Gasteiger charge is -2.08. The third kappa shape index (κ3) is 5.17. The summed E-state index contributed by atoms with van der Waals surface area (Å²) < 4.78 is 5.70. The number of thiophene rings is 1. The maximum atomic E-state index is 12.4. The van der Waals surface area contributed by atoms with Crippen molar-refractivity contribution in [1.29, 1.82) is 0 Å². The predicted molar refractivity (Wildman–Crippen MR) is 102 cm³/mol. The molecular formula is C17H22N6O2S. The molecule has 0 bridgehead atoms. The smallest absolute Gasteiger partial charge is 0.271 e. The summed E-state index contributed by atoms with van der Waals surface area (Å²) in [4.78, 5) is 29.3. The molecule has 9 heteroatoms. The van der Waals surface area contributed by atoms with E-state index in [1.165, 1.54) is 11.3 Å². The Bertz CT molecular complexity index is 824. The Kier molecular flexibility index (Phi) is 7.84. The highest BCUT2D eigenvalue weighted by molar-refractivity contribution is 7.17. The van der Waals surface area contributed by atoms with Gasteiger partial charge in [0.2, 0.25) is 5.95 Å². The zero-order valence-corrected chi connectivity index (χ0v) is 15.8. The maximum Gasteiger partial charge on any atom is 0.271 e. The van der Waals surface area contributed by atoms with Crippen LogP contribution in [-0.4, -0.2) is 46.1 Å². The molecule has 0 atom stereocenters. The summed E-state index contributed by atoms with van der Waals surface area (Å²) in [5.74, 6) is 0.132. The average molecular weight is 374 g/mol. The van der Waals surface area contributed by atoms with Crippen LogP contribution in [0.4, 0.5) is 5.95 Å². The molecule has 0 saturated heterocycles. The van der Waals surface area contributed by atoms with Gasteiger partial charge in [0.15, 0.2) is 5.69 Å². The van der Waals surface area contributed by atoms with Crippen molar-refractivity contribution < 1.29 is 9.53 Å². The topological polar surface area (TPSA) is 102 Å². The van der Waals surface area contributed by atoms with E-state index in [2.05, 4.69) is 30.6 Å². The number of ether oxygens (including phenoxy) is 1. The van der Waals surface area contributed by atoms with Gasteiger partial charge in [-0.15, -0.1) is 11.3 Å². The Morgan fingerprint density at radius 2 is 2.12 bits per heavy atom. The van der Waals surface area contributed by atoms with E-state index in [-0.39, 0.29) is 5.91 Å². The van der Waals surface area contributed by atoms with Gasteiger partial charge < -0.3 is 15.4 Å². The van der Waals surface area contributed by atoms with Crippen LogP contribution in [-0.2, 0) is 11.3 Å². The molecule has 3 rings (SSSR count). The Morgan fingerprint density at radius 3 is 2.85 bits per heavy atom. The first-order chi connectivity index (χ1) is 12.8. The van der Waals surface area contributed by atoms with Crippen molar-refractivity contribution in [3.8, 4) is 0 Å². The third-order valence-corrected chi connectivity index (χ3v) is 4.07. The van der Waals surface area contributed by atoms with Crippen LogP contribution in [0, 0.1) is 0 Å². The molecule has 3 heterocycles. The molecule has 0 aromatic carbocycles. The molecule has 0 aliphatic carbocycles. The molecular weight excluding hydrogens is 352 g/mol. The summed E-state index contributed by atoms with van der Waals surface area (Å²) in [6.45, 7) is 5.30. The number of anilines is 1. The van der Waals surface area contributed by atoms with Crippen molar-refractivity contribution in [3.63, 3.8) is 0 Å². The van der Waals surface area contributed by atoms with E-state index >= 15 is 0 Å². The van der Waals surface area contributed by atoms with E-state index in [9.17, 15) is 4.79 Å². The van der Waals surface area contributed by atoms with Crippen molar-refractivity contribution >= 4 is 33.4 Å². The van der Waals surface area contributed by atoms with Crippen molar-refractivity contribution in [2.45, 2.75) is 20.4 Å². The van der Waals surface area contributed by atoms with Crippen LogP contribution in [0.1, 0.15) is 30.0 Å². The fraction of sp³-hybridized carbons (Fsp3) is 0.353. The number of hydrogen-bond donors (Lipinski definition) is 2. The number of nitrogens with zero attached hydrogens (tertiary/aromatic N) is 4. The third-order valence-electron chi connectivity index (χ3n) is 3.15. The normalized spacial score (nSPS) is 10.1. The molecule has 0 unspecified atom stereocenters. The minimum Gasteiger partial charge on any atom is -0.383 e. The van der Waals surface area contributed by atoms with Gasteiger partial charge in [-0.2, -0.15) is 0 Å². The summed E-state index contributed by atoms with van der Waals surface area (Å²) in [5, 5.41) is 7.75. The van der Waals surface area contributed by atoms with E-state index in [0.29, 0.717) is 31.3 Å². The van der Waals surface area contributed by atoms with Crippen LogP contribution < -0.4 is 10.6 Å². The van der Waals surface area contributed by atoms with Crippen LogP contribution in [0.2, 0.25) is 0 Å². The Labute approximate surface area is 156 Å². The lowest BCUT2D eigenvalue weighted by atomic mass is 10.3. The standard InChI is InChI=1S/C15H16N6O2S.C2H6/c1-23-6-5-18-14(22)12-13-11(2-7-24-13)20-15(21-12)19-9-10-8-16-3-4-17-10;1-2/h2-4,7-8H,5-6,9H2,1H3,(H,18,22)(H,19,20,21);1-2H3. The molecule has 3 aromatic heterocycles. The highest BCUT2D eigenvalue weighted by atomic mass is 32.1. The summed E-state index contributed by atoms with van der Waals surface area (Å²) in [5.41, 5.74) is 1.85. The first-order valence-corrected chi connectivity index (χ1v) is 9.17. The van der Waals surface area contributed by atoms with E-state index in [4.69, 9.17) is 4.74 Å². The molecule has 0 saturated carbocycles. The molecule has 8 nitrogen and oxygen atoms in total. The Hall–Kier alpha value is -2.65. The number of methoxy groups -OCH3 is 1. The van der Waals surface area contributed by atoms with Gasteiger partial charge in [0.1, 0.15) is 0 Å². The van der Waals surface area contributed by atoms with E-state index < -0.39 is 0 Å². The van der Waals surface area contributed by atoms with Crippen molar-refractivity contribution in [1.82, 2.24) is 25.3 Å². The summed E-state index contributed by atoms with van der Waals surface area (Å²) in [6, 6.07) is 1.86. The molecule has 138 valence electrons. The fourth-order valence-corrected chi connectivity index (χ4v) is 2.86. The lowest BCUT2D eigenvalue weighted by Crippen LogP contribution is -2.28. The minimum absolute atomic E-state index is 0.246. The quantitative estimate of drug-likeness (QED) is 0.613. The van der Waals surface area contributed by atoms with Crippen molar-refractivity contribution in [2.24, 2.45) is 0 Å². The zero-order chi connectivity index (χ0) is 18.8. The largest absolute Gasteiger partial charge is 0.383 e. The zero-order valence-electron chi connectivity index (χ0n) is 15.0. The van der Waals surface area contributed by atoms with Gasteiger partial charge in [0.25, 0.3) is 5.91 Å². The van der Waals surface area contributed by atoms with Gasteiger partial charge in [-0.1, -0.05) is 13.8 Å². The van der Waals surface area contributed by atoms with Gasteiger partial charge in [-0.25, -0.2) is 9.97 Å². The van der Waals surface area contributed by atoms with Gasteiger partial charge in [0.05, 0.1) is 35.3 Å². The average Bonchev–Trinajstić information content (AvgIpc) is 3.17.